The van der Waals surface area contributed by atoms with E-state index in [-0.39, 0.29) is 17.3 Å². The molecule has 2 unspecified atom stereocenters. The van der Waals surface area contributed by atoms with E-state index in [1.165, 1.54) is 5.56 Å². The molecule has 3 aromatic carbocycles. The number of carbonyl (C=O) groups excluding carboxylic acids is 1. The Morgan fingerprint density at radius 3 is 2.33 bits per heavy atom. The molecular formula is C31H40N4O. The molecule has 1 saturated carbocycles. The lowest BCUT2D eigenvalue weighted by Gasteiger charge is -2.33. The SMILES string of the molecule is CC(C)(C)c1ccc(CN(CC2CCCC(CN=C(N)N)C2)C(=O)c2ccc3ccccc3c2)cc1. The molecule has 4 rings (SSSR count). The zero-order chi connectivity index (χ0) is 25.7. The van der Waals surface area contributed by atoms with Crippen LogP contribution in [0.25, 0.3) is 10.8 Å². The van der Waals surface area contributed by atoms with Crippen LogP contribution in [0.2, 0.25) is 0 Å². The summed E-state index contributed by atoms with van der Waals surface area (Å²) >= 11 is 0. The number of fused-ring (bicyclic) bond motifs is 1. The molecule has 0 radical (unpaired) electrons. The van der Waals surface area contributed by atoms with E-state index in [1.54, 1.807) is 0 Å². The lowest BCUT2D eigenvalue weighted by molar-refractivity contribution is 0.0687. The number of nitrogens with zero attached hydrogens (tertiary/aromatic N) is 2. The predicted molar refractivity (Wildman–Crippen MR) is 150 cm³/mol. The van der Waals surface area contributed by atoms with E-state index in [4.69, 9.17) is 11.5 Å². The second kappa shape index (κ2) is 11.2. The third-order valence-electron chi connectivity index (χ3n) is 7.38. The minimum absolute atomic E-state index is 0.0898. The highest BCUT2D eigenvalue weighted by molar-refractivity contribution is 5.98. The van der Waals surface area contributed by atoms with Crippen molar-refractivity contribution in [3.05, 3.63) is 83.4 Å². The maximum atomic E-state index is 13.9. The summed E-state index contributed by atoms with van der Waals surface area (Å²) in [6.07, 6.45) is 4.46. The number of aliphatic imine (C=N–C) groups is 1. The van der Waals surface area contributed by atoms with E-state index in [1.807, 2.05) is 35.2 Å². The summed E-state index contributed by atoms with van der Waals surface area (Å²) < 4.78 is 0. The van der Waals surface area contributed by atoms with Crippen LogP contribution in [0.15, 0.2) is 71.7 Å². The molecule has 190 valence electrons. The molecule has 5 nitrogen and oxygen atoms in total. The number of rotatable bonds is 7. The van der Waals surface area contributed by atoms with E-state index in [2.05, 4.69) is 62.2 Å². The lowest BCUT2D eigenvalue weighted by atomic mass is 9.81. The van der Waals surface area contributed by atoms with Gasteiger partial charge in [0.1, 0.15) is 0 Å². The Bertz CT molecular complexity index is 1210. The number of hydrogen-bond donors (Lipinski definition) is 2. The van der Waals surface area contributed by atoms with Crippen molar-refractivity contribution in [2.75, 3.05) is 13.1 Å². The zero-order valence-electron chi connectivity index (χ0n) is 21.9. The summed E-state index contributed by atoms with van der Waals surface area (Å²) in [5.41, 5.74) is 14.4. The minimum Gasteiger partial charge on any atom is -0.370 e. The Labute approximate surface area is 215 Å². The highest BCUT2D eigenvalue weighted by Gasteiger charge is 2.26. The van der Waals surface area contributed by atoms with Crippen molar-refractivity contribution < 1.29 is 4.79 Å². The first-order chi connectivity index (χ1) is 17.2. The van der Waals surface area contributed by atoms with Crippen molar-refractivity contribution in [3.8, 4) is 0 Å². The van der Waals surface area contributed by atoms with Crippen molar-refractivity contribution in [2.24, 2.45) is 28.3 Å². The molecule has 1 aliphatic rings. The van der Waals surface area contributed by atoms with Crippen LogP contribution in [-0.2, 0) is 12.0 Å². The first-order valence-corrected chi connectivity index (χ1v) is 13.1. The van der Waals surface area contributed by atoms with Crippen LogP contribution < -0.4 is 11.5 Å². The second-order valence-corrected chi connectivity index (χ2v) is 11.4. The molecule has 5 heteroatoms. The Kier molecular flexibility index (Phi) is 7.97. The fraction of sp³-hybridized carbons (Fsp3) is 0.419. The number of hydrogen-bond acceptors (Lipinski definition) is 2. The van der Waals surface area contributed by atoms with Gasteiger partial charge in [-0.1, -0.05) is 81.8 Å². The monoisotopic (exact) mass is 484 g/mol. The maximum Gasteiger partial charge on any atom is 0.254 e. The van der Waals surface area contributed by atoms with E-state index in [9.17, 15) is 4.79 Å². The van der Waals surface area contributed by atoms with Gasteiger partial charge < -0.3 is 16.4 Å². The van der Waals surface area contributed by atoms with E-state index < -0.39 is 0 Å². The zero-order valence-corrected chi connectivity index (χ0v) is 21.9. The predicted octanol–water partition coefficient (Wildman–Crippen LogP) is 5.86. The molecule has 0 bridgehead atoms. The van der Waals surface area contributed by atoms with Crippen molar-refractivity contribution in [1.82, 2.24) is 4.90 Å². The molecular weight excluding hydrogens is 444 g/mol. The molecule has 1 amide bonds. The van der Waals surface area contributed by atoms with Gasteiger partial charge in [0.15, 0.2) is 5.96 Å². The van der Waals surface area contributed by atoms with Crippen LogP contribution in [0.4, 0.5) is 0 Å². The van der Waals surface area contributed by atoms with E-state index in [0.717, 1.165) is 54.1 Å². The Hall–Kier alpha value is -3.34. The molecule has 0 aromatic heterocycles. The molecule has 0 heterocycles. The largest absolute Gasteiger partial charge is 0.370 e. The van der Waals surface area contributed by atoms with E-state index in [0.29, 0.717) is 24.9 Å². The Morgan fingerprint density at radius 2 is 1.64 bits per heavy atom. The molecule has 0 aliphatic heterocycles. The van der Waals surface area contributed by atoms with Gasteiger partial charge in [-0.05, 0) is 70.5 Å². The smallest absolute Gasteiger partial charge is 0.254 e. The van der Waals surface area contributed by atoms with Crippen LogP contribution >= 0.6 is 0 Å². The van der Waals surface area contributed by atoms with Gasteiger partial charge in [0.05, 0.1) is 0 Å². The second-order valence-electron chi connectivity index (χ2n) is 11.4. The summed E-state index contributed by atoms with van der Waals surface area (Å²) in [6, 6.07) is 23.0. The van der Waals surface area contributed by atoms with Crippen LogP contribution in [-0.4, -0.2) is 29.9 Å². The lowest BCUT2D eigenvalue weighted by Crippen LogP contribution is -2.37. The number of benzene rings is 3. The minimum atomic E-state index is 0.0898. The maximum absolute atomic E-state index is 13.9. The highest BCUT2D eigenvalue weighted by Crippen LogP contribution is 2.31. The Morgan fingerprint density at radius 1 is 0.944 bits per heavy atom. The third kappa shape index (κ3) is 6.66. The quantitative estimate of drug-likeness (QED) is 0.325. The summed E-state index contributed by atoms with van der Waals surface area (Å²) in [5.74, 6) is 1.15. The standard InChI is InChI=1S/C31H40N4O/c1-31(2,3)28-15-11-22(12-16-28)20-35(21-24-8-6-7-23(17-24)19-34-30(32)33)29(36)27-14-13-25-9-4-5-10-26(25)18-27/h4-5,9-16,18,23-24H,6-8,17,19-21H2,1-3H3,(H4,32,33,34). The number of nitrogens with two attached hydrogens (primary N) is 2. The van der Waals surface area contributed by atoms with Crippen molar-refractivity contribution in [3.63, 3.8) is 0 Å². The summed E-state index contributed by atoms with van der Waals surface area (Å²) in [6.45, 7) is 8.68. The average Bonchev–Trinajstić information content (AvgIpc) is 2.86. The topological polar surface area (TPSA) is 84.7 Å². The molecule has 0 spiro atoms. The summed E-state index contributed by atoms with van der Waals surface area (Å²) in [7, 11) is 0. The van der Waals surface area contributed by atoms with Gasteiger partial charge in [0, 0.05) is 25.2 Å². The molecule has 2 atom stereocenters. The summed E-state index contributed by atoms with van der Waals surface area (Å²) in [5, 5.41) is 2.24. The average molecular weight is 485 g/mol. The van der Waals surface area contributed by atoms with Crippen molar-refractivity contribution >= 4 is 22.6 Å². The van der Waals surface area contributed by atoms with Gasteiger partial charge in [-0.25, -0.2) is 0 Å². The number of guanidine groups is 1. The van der Waals surface area contributed by atoms with Crippen molar-refractivity contribution in [1.29, 1.82) is 0 Å². The van der Waals surface area contributed by atoms with Gasteiger partial charge >= 0.3 is 0 Å². The van der Waals surface area contributed by atoms with Crippen LogP contribution in [0.3, 0.4) is 0 Å². The number of amides is 1. The van der Waals surface area contributed by atoms with E-state index >= 15 is 0 Å². The molecule has 3 aromatic rings. The highest BCUT2D eigenvalue weighted by atomic mass is 16.2. The molecule has 4 N–H and O–H groups in total. The molecule has 1 aliphatic carbocycles. The Balaban J connectivity index is 1.56. The molecule has 0 saturated heterocycles. The first kappa shape index (κ1) is 25.7. The van der Waals surface area contributed by atoms with Crippen LogP contribution in [0, 0.1) is 11.8 Å². The van der Waals surface area contributed by atoms with Gasteiger partial charge in [0.25, 0.3) is 5.91 Å². The normalized spacial score (nSPS) is 18.1. The third-order valence-corrected chi connectivity index (χ3v) is 7.38. The molecule has 1 fully saturated rings. The fourth-order valence-electron chi connectivity index (χ4n) is 5.33. The fourth-order valence-corrected chi connectivity index (χ4v) is 5.33. The van der Waals surface area contributed by atoms with Gasteiger partial charge in [-0.3, -0.25) is 9.79 Å². The van der Waals surface area contributed by atoms with Crippen LogP contribution in [0.1, 0.15) is 67.9 Å². The summed E-state index contributed by atoms with van der Waals surface area (Å²) in [4.78, 5) is 20.2. The van der Waals surface area contributed by atoms with Gasteiger partial charge in [-0.2, -0.15) is 0 Å². The van der Waals surface area contributed by atoms with Gasteiger partial charge in [-0.15, -0.1) is 0 Å². The number of carbonyl (C=O) groups is 1. The van der Waals surface area contributed by atoms with Gasteiger partial charge in [0.2, 0.25) is 0 Å². The first-order valence-electron chi connectivity index (χ1n) is 13.1. The molecule has 36 heavy (non-hydrogen) atoms. The van der Waals surface area contributed by atoms with Crippen molar-refractivity contribution in [2.45, 2.75) is 58.4 Å². The van der Waals surface area contributed by atoms with Crippen LogP contribution in [0.5, 0.6) is 0 Å².